The van der Waals surface area contributed by atoms with Crippen LogP contribution in [0.5, 0.6) is 0 Å². The Labute approximate surface area is 125 Å². The summed E-state index contributed by atoms with van der Waals surface area (Å²) >= 11 is 3.50. The first-order valence-electron chi connectivity index (χ1n) is 7.46. The molecule has 1 nitrogen and oxygen atoms in total. The van der Waals surface area contributed by atoms with E-state index in [1.807, 2.05) is 0 Å². The lowest BCUT2D eigenvalue weighted by molar-refractivity contribution is 0.397. The Bertz CT molecular complexity index is 402. The van der Waals surface area contributed by atoms with Gasteiger partial charge in [0.1, 0.15) is 0 Å². The molecule has 0 saturated heterocycles. The third kappa shape index (κ3) is 4.77. The number of benzene rings is 1. The minimum atomic E-state index is 0.788. The van der Waals surface area contributed by atoms with E-state index < -0.39 is 0 Å². The summed E-state index contributed by atoms with van der Waals surface area (Å²) in [6, 6.07) is 8.63. The minimum absolute atomic E-state index is 0.788. The van der Waals surface area contributed by atoms with Gasteiger partial charge < -0.3 is 5.32 Å². The van der Waals surface area contributed by atoms with Crippen molar-refractivity contribution in [3.05, 3.63) is 39.9 Å². The predicted octanol–water partition coefficient (Wildman–Crippen LogP) is 5.02. The van der Waals surface area contributed by atoms with Crippen molar-refractivity contribution >= 4 is 22.0 Å². The van der Waals surface area contributed by atoms with Gasteiger partial charge in [0, 0.05) is 11.0 Å². The maximum atomic E-state index is 3.50. The second-order valence-electron chi connectivity index (χ2n) is 5.39. The van der Waals surface area contributed by atoms with Crippen LogP contribution in [0.15, 0.2) is 34.3 Å². The molecular formula is C17H24BrN. The molecule has 2 rings (SSSR count). The average molecular weight is 322 g/mol. The van der Waals surface area contributed by atoms with E-state index in [2.05, 4.69) is 58.5 Å². The van der Waals surface area contributed by atoms with Crippen LogP contribution in [-0.2, 0) is 0 Å². The first kappa shape index (κ1) is 14.8. The molecule has 0 aromatic heterocycles. The third-order valence-electron chi connectivity index (χ3n) is 3.93. The predicted molar refractivity (Wildman–Crippen MR) is 87.2 cm³/mol. The zero-order valence-corrected chi connectivity index (χ0v) is 13.4. The van der Waals surface area contributed by atoms with Gasteiger partial charge in [0.05, 0.1) is 0 Å². The molecule has 0 unspecified atom stereocenters. The van der Waals surface area contributed by atoms with E-state index in [0.717, 1.165) is 23.5 Å². The molecule has 2 heteroatoms. The summed E-state index contributed by atoms with van der Waals surface area (Å²) in [4.78, 5) is 0. The van der Waals surface area contributed by atoms with Crippen LogP contribution in [0.1, 0.15) is 44.6 Å². The summed E-state index contributed by atoms with van der Waals surface area (Å²) in [7, 11) is 0. The monoisotopic (exact) mass is 321 g/mol. The number of halogens is 1. The van der Waals surface area contributed by atoms with Crippen LogP contribution in [0.3, 0.4) is 0 Å². The van der Waals surface area contributed by atoms with E-state index in [-0.39, 0.29) is 0 Å². The summed E-state index contributed by atoms with van der Waals surface area (Å²) in [6.45, 7) is 4.26. The highest BCUT2D eigenvalue weighted by atomic mass is 79.9. The van der Waals surface area contributed by atoms with E-state index in [9.17, 15) is 0 Å². The van der Waals surface area contributed by atoms with E-state index in [1.165, 1.54) is 37.7 Å². The Morgan fingerprint density at radius 3 is 2.53 bits per heavy atom. The molecule has 19 heavy (non-hydrogen) atoms. The van der Waals surface area contributed by atoms with Crippen molar-refractivity contribution < 1.29 is 0 Å². The van der Waals surface area contributed by atoms with Crippen molar-refractivity contribution in [3.63, 3.8) is 0 Å². The molecule has 0 amide bonds. The summed E-state index contributed by atoms with van der Waals surface area (Å²) in [5, 5.41) is 3.50. The topological polar surface area (TPSA) is 12.0 Å². The van der Waals surface area contributed by atoms with Gasteiger partial charge in [-0.15, -0.1) is 0 Å². The Kier molecular flexibility index (Phi) is 6.12. The number of likely N-dealkylation sites (N-methyl/N-ethyl adjacent to an activating group) is 1. The van der Waals surface area contributed by atoms with Gasteiger partial charge in [-0.05, 0) is 43.0 Å². The van der Waals surface area contributed by atoms with Crippen LogP contribution >= 0.6 is 15.9 Å². The lowest BCUT2D eigenvalue weighted by Gasteiger charge is -2.25. The van der Waals surface area contributed by atoms with E-state index in [4.69, 9.17) is 0 Å². The molecule has 1 aromatic carbocycles. The molecule has 0 atom stereocenters. The summed E-state index contributed by atoms with van der Waals surface area (Å²) in [5.74, 6) is 0.788. The Hall–Kier alpha value is -0.600. The van der Waals surface area contributed by atoms with Crippen LogP contribution in [0.4, 0.5) is 0 Å². The fraction of sp³-hybridized carbons (Fsp3) is 0.529. The zero-order chi connectivity index (χ0) is 13.5. The molecule has 0 bridgehead atoms. The molecule has 0 spiro atoms. The lowest BCUT2D eigenvalue weighted by atomic mass is 9.83. The fourth-order valence-electron chi connectivity index (χ4n) is 2.83. The molecule has 104 valence electrons. The van der Waals surface area contributed by atoms with Gasteiger partial charge in [-0.3, -0.25) is 0 Å². The van der Waals surface area contributed by atoms with Crippen molar-refractivity contribution in [1.82, 2.24) is 5.32 Å². The molecular weight excluding hydrogens is 298 g/mol. The van der Waals surface area contributed by atoms with Gasteiger partial charge in [0.2, 0.25) is 0 Å². The molecule has 1 aliphatic carbocycles. The SMILES string of the molecule is CCNCC(=Cc1ccc(Br)cc1)C1CCCCC1. The second-order valence-corrected chi connectivity index (χ2v) is 6.30. The first-order chi connectivity index (χ1) is 9.29. The minimum Gasteiger partial charge on any atom is -0.313 e. The van der Waals surface area contributed by atoms with Crippen LogP contribution in [-0.4, -0.2) is 13.1 Å². The van der Waals surface area contributed by atoms with Gasteiger partial charge in [-0.2, -0.15) is 0 Å². The van der Waals surface area contributed by atoms with Gasteiger partial charge in [-0.1, -0.05) is 65.9 Å². The molecule has 1 fully saturated rings. The summed E-state index contributed by atoms with van der Waals surface area (Å²) in [5.41, 5.74) is 2.91. The Morgan fingerprint density at radius 2 is 1.89 bits per heavy atom. The number of nitrogens with one attached hydrogen (secondary N) is 1. The quantitative estimate of drug-likeness (QED) is 0.802. The van der Waals surface area contributed by atoms with E-state index in [0.29, 0.717) is 0 Å². The van der Waals surface area contributed by atoms with Crippen LogP contribution in [0, 0.1) is 5.92 Å². The second kappa shape index (κ2) is 7.86. The molecule has 1 aromatic rings. The number of hydrogen-bond acceptors (Lipinski definition) is 1. The Balaban J connectivity index is 2.12. The molecule has 1 saturated carbocycles. The van der Waals surface area contributed by atoms with Crippen molar-refractivity contribution in [2.75, 3.05) is 13.1 Å². The molecule has 1 N–H and O–H groups in total. The van der Waals surface area contributed by atoms with Crippen LogP contribution < -0.4 is 5.32 Å². The van der Waals surface area contributed by atoms with Gasteiger partial charge in [0.15, 0.2) is 0 Å². The van der Waals surface area contributed by atoms with Gasteiger partial charge in [0.25, 0.3) is 0 Å². The van der Waals surface area contributed by atoms with E-state index >= 15 is 0 Å². The Morgan fingerprint density at radius 1 is 1.21 bits per heavy atom. The van der Waals surface area contributed by atoms with Crippen molar-refractivity contribution in [3.8, 4) is 0 Å². The number of rotatable bonds is 5. The van der Waals surface area contributed by atoms with Crippen LogP contribution in [0.25, 0.3) is 6.08 Å². The fourth-order valence-corrected chi connectivity index (χ4v) is 3.09. The van der Waals surface area contributed by atoms with Crippen molar-refractivity contribution in [2.24, 2.45) is 5.92 Å². The molecule has 0 radical (unpaired) electrons. The van der Waals surface area contributed by atoms with Crippen molar-refractivity contribution in [2.45, 2.75) is 39.0 Å². The first-order valence-corrected chi connectivity index (χ1v) is 8.25. The normalized spacial score (nSPS) is 17.7. The van der Waals surface area contributed by atoms with Crippen LogP contribution in [0.2, 0.25) is 0 Å². The highest BCUT2D eigenvalue weighted by Gasteiger charge is 2.17. The zero-order valence-electron chi connectivity index (χ0n) is 11.8. The number of hydrogen-bond donors (Lipinski definition) is 1. The lowest BCUT2D eigenvalue weighted by Crippen LogP contribution is -2.22. The maximum absolute atomic E-state index is 3.50. The maximum Gasteiger partial charge on any atom is 0.0175 e. The van der Waals surface area contributed by atoms with E-state index in [1.54, 1.807) is 5.57 Å². The highest BCUT2D eigenvalue weighted by molar-refractivity contribution is 9.10. The van der Waals surface area contributed by atoms with Crippen molar-refractivity contribution in [1.29, 1.82) is 0 Å². The smallest absolute Gasteiger partial charge is 0.0175 e. The molecule has 0 aliphatic heterocycles. The highest BCUT2D eigenvalue weighted by Crippen LogP contribution is 2.30. The largest absolute Gasteiger partial charge is 0.313 e. The van der Waals surface area contributed by atoms with Gasteiger partial charge >= 0.3 is 0 Å². The molecule has 0 heterocycles. The summed E-state index contributed by atoms with van der Waals surface area (Å²) in [6.07, 6.45) is 9.35. The molecule has 1 aliphatic rings. The third-order valence-corrected chi connectivity index (χ3v) is 4.46. The standard InChI is InChI=1S/C17H24BrN/c1-2-19-13-16(15-6-4-3-5-7-15)12-14-8-10-17(18)11-9-14/h8-12,15,19H,2-7,13H2,1H3. The average Bonchev–Trinajstić information content (AvgIpc) is 2.46. The summed E-state index contributed by atoms with van der Waals surface area (Å²) < 4.78 is 1.15. The van der Waals surface area contributed by atoms with Gasteiger partial charge in [-0.25, -0.2) is 0 Å².